The van der Waals surface area contributed by atoms with Crippen molar-refractivity contribution in [3.63, 3.8) is 0 Å². The Morgan fingerprint density at radius 2 is 1.83 bits per heavy atom. The number of hydrogen-bond donors (Lipinski definition) is 4. The van der Waals surface area contributed by atoms with E-state index in [0.717, 1.165) is 11.8 Å². The topological polar surface area (TPSA) is 90.2 Å². The van der Waals surface area contributed by atoms with Gasteiger partial charge < -0.3 is 25.2 Å². The third-order valence-electron chi connectivity index (χ3n) is 1.80. The molecule has 0 aromatic rings. The summed E-state index contributed by atoms with van der Waals surface area (Å²) in [5.41, 5.74) is -0.938. The van der Waals surface area contributed by atoms with Gasteiger partial charge >= 0.3 is 0 Å². The van der Waals surface area contributed by atoms with E-state index in [2.05, 4.69) is 0 Å². The summed E-state index contributed by atoms with van der Waals surface area (Å²) in [6.45, 7) is 0. The highest BCUT2D eigenvalue weighted by Gasteiger charge is 2.44. The first-order chi connectivity index (χ1) is 5.57. The third kappa shape index (κ3) is 1.73. The standard InChI is InChI=1S/C6H12O5S/c1-12-6(10)4-2(7)3(8)5(9)11-4/h2-10H,1H3/t2-,3-,4+,5?,6?/m1/s1. The van der Waals surface area contributed by atoms with Gasteiger partial charge in [-0.15, -0.1) is 11.8 Å². The Morgan fingerprint density at radius 3 is 2.17 bits per heavy atom. The molecule has 4 N–H and O–H groups in total. The minimum Gasteiger partial charge on any atom is -0.387 e. The van der Waals surface area contributed by atoms with Crippen molar-refractivity contribution >= 4 is 11.8 Å². The summed E-state index contributed by atoms with van der Waals surface area (Å²) in [5, 5.41) is 36.4. The van der Waals surface area contributed by atoms with Crippen LogP contribution in [0.2, 0.25) is 0 Å². The average molecular weight is 196 g/mol. The Bertz CT molecular complexity index is 155. The molecule has 5 nitrogen and oxygen atoms in total. The Hall–Kier alpha value is 0.150. The van der Waals surface area contributed by atoms with Gasteiger partial charge in [-0.2, -0.15) is 0 Å². The van der Waals surface area contributed by atoms with E-state index in [4.69, 9.17) is 14.9 Å². The van der Waals surface area contributed by atoms with Crippen LogP contribution < -0.4 is 0 Å². The van der Waals surface area contributed by atoms with Crippen molar-refractivity contribution in [3.8, 4) is 0 Å². The van der Waals surface area contributed by atoms with Crippen LogP contribution in [0.25, 0.3) is 0 Å². The molecular weight excluding hydrogens is 184 g/mol. The van der Waals surface area contributed by atoms with Gasteiger partial charge in [0.25, 0.3) is 0 Å². The van der Waals surface area contributed by atoms with Crippen LogP contribution in [0, 0.1) is 0 Å². The molecule has 0 aromatic carbocycles. The van der Waals surface area contributed by atoms with E-state index in [9.17, 15) is 10.2 Å². The van der Waals surface area contributed by atoms with Gasteiger partial charge in [0, 0.05) is 0 Å². The van der Waals surface area contributed by atoms with Crippen LogP contribution in [0.1, 0.15) is 0 Å². The maximum Gasteiger partial charge on any atom is 0.184 e. The van der Waals surface area contributed by atoms with Gasteiger partial charge in [0.2, 0.25) is 0 Å². The normalized spacial score (nSPS) is 44.8. The van der Waals surface area contributed by atoms with Crippen LogP contribution in [0.4, 0.5) is 0 Å². The van der Waals surface area contributed by atoms with Gasteiger partial charge in [-0.05, 0) is 6.26 Å². The first-order valence-electron chi connectivity index (χ1n) is 3.48. The second-order valence-electron chi connectivity index (χ2n) is 2.60. The number of rotatable bonds is 2. The molecule has 2 unspecified atom stereocenters. The van der Waals surface area contributed by atoms with Crippen molar-refractivity contribution in [2.24, 2.45) is 0 Å². The summed E-state index contributed by atoms with van der Waals surface area (Å²) in [6.07, 6.45) is -3.27. The molecule has 0 aliphatic carbocycles. The largest absolute Gasteiger partial charge is 0.387 e. The van der Waals surface area contributed by atoms with Crippen molar-refractivity contribution in [1.82, 2.24) is 0 Å². The molecule has 1 saturated heterocycles. The lowest BCUT2D eigenvalue weighted by molar-refractivity contribution is -0.136. The summed E-state index contributed by atoms with van der Waals surface area (Å²) in [7, 11) is 0. The molecule has 1 heterocycles. The molecule has 0 radical (unpaired) electrons. The SMILES string of the molecule is CSC(O)[C@H]1OC(O)[C@H](O)[C@H]1O. The predicted octanol–water partition coefficient (Wildman–Crippen LogP) is -1.89. The van der Waals surface area contributed by atoms with Crippen molar-refractivity contribution in [1.29, 1.82) is 0 Å². The van der Waals surface area contributed by atoms with Gasteiger partial charge in [0.05, 0.1) is 0 Å². The van der Waals surface area contributed by atoms with Crippen LogP contribution in [-0.4, -0.2) is 56.7 Å². The Labute approximate surface area is 74.0 Å². The lowest BCUT2D eigenvalue weighted by Gasteiger charge is -2.18. The number of ether oxygens (including phenoxy) is 1. The number of aliphatic hydroxyl groups is 4. The van der Waals surface area contributed by atoms with E-state index in [0.29, 0.717) is 0 Å². The molecule has 1 aliphatic rings. The predicted molar refractivity (Wildman–Crippen MR) is 42.4 cm³/mol. The van der Waals surface area contributed by atoms with Gasteiger partial charge in [-0.25, -0.2) is 0 Å². The summed E-state index contributed by atoms with van der Waals surface area (Å²) < 4.78 is 4.72. The lowest BCUT2D eigenvalue weighted by atomic mass is 10.1. The fraction of sp³-hybridized carbons (Fsp3) is 1.00. The fourth-order valence-corrected chi connectivity index (χ4v) is 1.55. The minimum atomic E-state index is -1.41. The second-order valence-corrected chi connectivity index (χ2v) is 3.55. The van der Waals surface area contributed by atoms with Gasteiger partial charge in [-0.3, -0.25) is 0 Å². The molecule has 1 aliphatic heterocycles. The van der Waals surface area contributed by atoms with E-state index >= 15 is 0 Å². The summed E-state index contributed by atoms with van der Waals surface area (Å²) >= 11 is 1.08. The summed E-state index contributed by atoms with van der Waals surface area (Å²) in [6, 6.07) is 0. The molecule has 0 bridgehead atoms. The highest BCUT2D eigenvalue weighted by atomic mass is 32.2. The Morgan fingerprint density at radius 1 is 1.25 bits per heavy atom. The maximum atomic E-state index is 9.22. The van der Waals surface area contributed by atoms with Gasteiger partial charge in [0.15, 0.2) is 6.29 Å². The monoisotopic (exact) mass is 196 g/mol. The molecule has 0 amide bonds. The Kier molecular flexibility index (Phi) is 3.33. The quantitative estimate of drug-likeness (QED) is 0.386. The molecule has 0 spiro atoms. The highest BCUT2D eigenvalue weighted by Crippen LogP contribution is 2.25. The van der Waals surface area contributed by atoms with E-state index in [1.54, 1.807) is 6.26 Å². The van der Waals surface area contributed by atoms with Crippen molar-refractivity contribution < 1.29 is 25.2 Å². The molecular formula is C6H12O5S. The van der Waals surface area contributed by atoms with E-state index in [-0.39, 0.29) is 0 Å². The van der Waals surface area contributed by atoms with Crippen molar-refractivity contribution in [2.45, 2.75) is 30.0 Å². The zero-order valence-corrected chi connectivity index (χ0v) is 7.31. The molecule has 1 rings (SSSR count). The molecule has 72 valence electrons. The fourth-order valence-electron chi connectivity index (χ4n) is 1.06. The van der Waals surface area contributed by atoms with E-state index in [1.165, 1.54) is 0 Å². The van der Waals surface area contributed by atoms with Gasteiger partial charge in [-0.1, -0.05) is 0 Å². The molecule has 0 saturated carbocycles. The maximum absolute atomic E-state index is 9.22. The third-order valence-corrected chi connectivity index (χ3v) is 2.55. The van der Waals surface area contributed by atoms with E-state index in [1.807, 2.05) is 0 Å². The number of thioether (sulfide) groups is 1. The highest BCUT2D eigenvalue weighted by molar-refractivity contribution is 7.99. The lowest BCUT2D eigenvalue weighted by Crippen LogP contribution is -2.37. The summed E-state index contributed by atoms with van der Waals surface area (Å²) in [5.74, 6) is 0. The summed E-state index contributed by atoms with van der Waals surface area (Å²) in [4.78, 5) is 0. The molecule has 1 fully saturated rings. The van der Waals surface area contributed by atoms with Gasteiger partial charge in [0.1, 0.15) is 23.7 Å². The van der Waals surface area contributed by atoms with Crippen LogP contribution >= 0.6 is 11.8 Å². The van der Waals surface area contributed by atoms with Crippen LogP contribution in [0.15, 0.2) is 0 Å². The first-order valence-corrected chi connectivity index (χ1v) is 4.77. The van der Waals surface area contributed by atoms with Crippen molar-refractivity contribution in [3.05, 3.63) is 0 Å². The average Bonchev–Trinajstić information content (AvgIpc) is 2.32. The molecule has 5 atom stereocenters. The minimum absolute atomic E-state index is 0.926. The van der Waals surface area contributed by atoms with Crippen LogP contribution in [-0.2, 0) is 4.74 Å². The van der Waals surface area contributed by atoms with Crippen LogP contribution in [0.3, 0.4) is 0 Å². The molecule has 0 aromatic heterocycles. The zero-order valence-electron chi connectivity index (χ0n) is 6.49. The number of hydrogen-bond acceptors (Lipinski definition) is 6. The number of aliphatic hydroxyl groups excluding tert-OH is 4. The Balaban J connectivity index is 2.58. The molecule has 6 heteroatoms. The van der Waals surface area contributed by atoms with E-state index < -0.39 is 30.0 Å². The van der Waals surface area contributed by atoms with Crippen molar-refractivity contribution in [2.75, 3.05) is 6.26 Å². The smallest absolute Gasteiger partial charge is 0.184 e. The zero-order chi connectivity index (χ0) is 9.30. The van der Waals surface area contributed by atoms with Crippen LogP contribution in [0.5, 0.6) is 0 Å². The molecule has 12 heavy (non-hydrogen) atoms. The first kappa shape index (κ1) is 10.2. The second kappa shape index (κ2) is 3.91.